The minimum Gasteiger partial charge on any atom is -0.330 e. The summed E-state index contributed by atoms with van der Waals surface area (Å²) in [5.41, 5.74) is 8.28. The van der Waals surface area contributed by atoms with Crippen molar-refractivity contribution in [3.8, 4) is 5.69 Å². The van der Waals surface area contributed by atoms with Crippen LogP contribution in [-0.4, -0.2) is 15.7 Å². The molecular weight excluding hydrogens is 238 g/mol. The van der Waals surface area contributed by atoms with Gasteiger partial charge in [0.05, 0.1) is 5.69 Å². The Morgan fingerprint density at radius 1 is 1.21 bits per heavy atom. The first-order valence-electron chi connectivity index (χ1n) is 6.71. The summed E-state index contributed by atoms with van der Waals surface area (Å²) in [5, 5.41) is 0. The third-order valence-electron chi connectivity index (χ3n) is 4.41. The van der Waals surface area contributed by atoms with Gasteiger partial charge in [-0.2, -0.15) is 0 Å². The highest BCUT2D eigenvalue weighted by Gasteiger charge is 2.37. The van der Waals surface area contributed by atoms with Gasteiger partial charge >= 0.3 is 5.69 Å². The Morgan fingerprint density at radius 3 is 2.32 bits per heavy atom. The molecule has 2 N–H and O–H groups in total. The highest BCUT2D eigenvalue weighted by molar-refractivity contribution is 5.38. The largest absolute Gasteiger partial charge is 0.332 e. The molecule has 3 rings (SSSR count). The molecule has 1 fully saturated rings. The van der Waals surface area contributed by atoms with E-state index in [-0.39, 0.29) is 11.1 Å². The number of aryl methyl sites for hydroxylation is 1. The predicted octanol–water partition coefficient (Wildman–Crippen LogP) is 1.56. The fourth-order valence-electron chi connectivity index (χ4n) is 2.85. The summed E-state index contributed by atoms with van der Waals surface area (Å²) in [6.07, 6.45) is 7.17. The Kier molecular flexibility index (Phi) is 2.82. The Hall–Kier alpha value is -1.81. The highest BCUT2D eigenvalue weighted by atomic mass is 16.1. The van der Waals surface area contributed by atoms with E-state index in [9.17, 15) is 4.79 Å². The summed E-state index contributed by atoms with van der Waals surface area (Å²) in [6.45, 7) is 0.706. The standard InChI is InChI=1S/C15H19N3O/c1-17-9-10-18(14(17)19)13-5-3-12(4-6-13)15(11-16)7-2-8-15/h3-6,9-10H,2,7-8,11,16H2,1H3. The Bertz CT molecular complexity index is 627. The topological polar surface area (TPSA) is 52.9 Å². The maximum Gasteiger partial charge on any atom is 0.332 e. The van der Waals surface area contributed by atoms with Gasteiger partial charge in [-0.3, -0.25) is 4.57 Å². The molecular formula is C15H19N3O. The van der Waals surface area contributed by atoms with E-state index >= 15 is 0 Å². The Balaban J connectivity index is 1.95. The van der Waals surface area contributed by atoms with Gasteiger partial charge in [-0.1, -0.05) is 18.6 Å². The van der Waals surface area contributed by atoms with E-state index in [0.29, 0.717) is 6.54 Å². The van der Waals surface area contributed by atoms with Crippen molar-refractivity contribution in [3.05, 3.63) is 52.7 Å². The minimum absolute atomic E-state index is 0.0232. The summed E-state index contributed by atoms with van der Waals surface area (Å²) < 4.78 is 3.22. The lowest BCUT2D eigenvalue weighted by Crippen LogP contribution is -2.41. The van der Waals surface area contributed by atoms with Gasteiger partial charge in [-0.15, -0.1) is 0 Å². The van der Waals surface area contributed by atoms with Gasteiger partial charge in [0.25, 0.3) is 0 Å². The molecule has 1 aromatic carbocycles. The molecule has 0 unspecified atom stereocenters. The second-order valence-electron chi connectivity index (χ2n) is 5.45. The van der Waals surface area contributed by atoms with E-state index in [1.807, 2.05) is 12.1 Å². The number of nitrogens with two attached hydrogens (primary N) is 1. The van der Waals surface area contributed by atoms with Gasteiger partial charge in [0.2, 0.25) is 0 Å². The van der Waals surface area contributed by atoms with Gasteiger partial charge in [-0.05, 0) is 30.5 Å². The molecule has 0 saturated heterocycles. The molecule has 0 aliphatic heterocycles. The molecule has 1 aliphatic carbocycles. The zero-order valence-corrected chi connectivity index (χ0v) is 11.2. The molecule has 1 aromatic heterocycles. The average molecular weight is 257 g/mol. The number of hydrogen-bond donors (Lipinski definition) is 1. The fraction of sp³-hybridized carbons (Fsp3) is 0.400. The molecule has 1 heterocycles. The van der Waals surface area contributed by atoms with E-state index in [1.54, 1.807) is 28.6 Å². The summed E-state index contributed by atoms with van der Waals surface area (Å²) in [7, 11) is 1.75. The van der Waals surface area contributed by atoms with Crippen LogP contribution in [0.15, 0.2) is 41.5 Å². The molecule has 4 nitrogen and oxygen atoms in total. The van der Waals surface area contributed by atoms with E-state index in [0.717, 1.165) is 5.69 Å². The summed E-state index contributed by atoms with van der Waals surface area (Å²) in [6, 6.07) is 8.24. The van der Waals surface area contributed by atoms with Crippen molar-refractivity contribution in [1.29, 1.82) is 0 Å². The lowest BCUT2D eigenvalue weighted by atomic mass is 9.64. The van der Waals surface area contributed by atoms with Crippen LogP contribution in [-0.2, 0) is 12.5 Å². The smallest absolute Gasteiger partial charge is 0.330 e. The number of benzene rings is 1. The summed E-state index contributed by atoms with van der Waals surface area (Å²) in [4.78, 5) is 11.9. The number of hydrogen-bond acceptors (Lipinski definition) is 2. The molecule has 2 aromatic rings. The lowest BCUT2D eigenvalue weighted by Gasteiger charge is -2.41. The molecule has 1 aliphatic rings. The number of nitrogens with zero attached hydrogens (tertiary/aromatic N) is 2. The van der Waals surface area contributed by atoms with Crippen LogP contribution in [0.3, 0.4) is 0 Å². The van der Waals surface area contributed by atoms with Gasteiger partial charge < -0.3 is 10.3 Å². The number of rotatable bonds is 3. The van der Waals surface area contributed by atoms with Gasteiger partial charge in [0.15, 0.2) is 0 Å². The van der Waals surface area contributed by atoms with E-state index in [1.165, 1.54) is 24.8 Å². The molecule has 100 valence electrons. The van der Waals surface area contributed by atoms with Crippen LogP contribution >= 0.6 is 0 Å². The summed E-state index contributed by atoms with van der Waals surface area (Å²) in [5.74, 6) is 0. The van der Waals surface area contributed by atoms with Crippen LogP contribution in [0.1, 0.15) is 24.8 Å². The molecule has 0 amide bonds. The second-order valence-corrected chi connectivity index (χ2v) is 5.45. The number of imidazole rings is 1. The van der Waals surface area contributed by atoms with Crippen molar-refractivity contribution in [3.63, 3.8) is 0 Å². The van der Waals surface area contributed by atoms with Crippen molar-refractivity contribution in [2.24, 2.45) is 12.8 Å². The van der Waals surface area contributed by atoms with Crippen molar-refractivity contribution >= 4 is 0 Å². The highest BCUT2D eigenvalue weighted by Crippen LogP contribution is 2.42. The molecule has 1 saturated carbocycles. The van der Waals surface area contributed by atoms with Crippen molar-refractivity contribution in [2.45, 2.75) is 24.7 Å². The second kappa shape index (κ2) is 4.38. The maximum atomic E-state index is 11.9. The van der Waals surface area contributed by atoms with Crippen LogP contribution in [0.2, 0.25) is 0 Å². The number of aromatic nitrogens is 2. The van der Waals surface area contributed by atoms with Gasteiger partial charge in [0, 0.05) is 31.4 Å². The van der Waals surface area contributed by atoms with Crippen LogP contribution in [0, 0.1) is 0 Å². The molecule has 0 atom stereocenters. The van der Waals surface area contributed by atoms with Crippen molar-refractivity contribution < 1.29 is 0 Å². The molecule has 0 spiro atoms. The van der Waals surface area contributed by atoms with Crippen molar-refractivity contribution in [2.75, 3.05) is 6.54 Å². The molecule has 19 heavy (non-hydrogen) atoms. The predicted molar refractivity (Wildman–Crippen MR) is 75.6 cm³/mol. The van der Waals surface area contributed by atoms with E-state index in [2.05, 4.69) is 12.1 Å². The summed E-state index contributed by atoms with van der Waals surface area (Å²) >= 11 is 0. The van der Waals surface area contributed by atoms with Gasteiger partial charge in [-0.25, -0.2) is 4.79 Å². The van der Waals surface area contributed by atoms with Gasteiger partial charge in [0.1, 0.15) is 0 Å². The normalized spacial score (nSPS) is 17.2. The lowest BCUT2D eigenvalue weighted by molar-refractivity contribution is 0.253. The minimum atomic E-state index is -0.0232. The fourth-order valence-corrected chi connectivity index (χ4v) is 2.85. The SMILES string of the molecule is Cn1ccn(-c2ccc(C3(CN)CCC3)cc2)c1=O. The molecule has 0 radical (unpaired) electrons. The van der Waals surface area contributed by atoms with Crippen molar-refractivity contribution in [1.82, 2.24) is 9.13 Å². The van der Waals surface area contributed by atoms with E-state index < -0.39 is 0 Å². The third kappa shape index (κ3) is 1.83. The average Bonchev–Trinajstić information content (AvgIpc) is 2.71. The first kappa shape index (κ1) is 12.2. The zero-order valence-electron chi connectivity index (χ0n) is 11.2. The van der Waals surface area contributed by atoms with Crippen LogP contribution in [0.4, 0.5) is 0 Å². The molecule has 0 bridgehead atoms. The monoisotopic (exact) mass is 257 g/mol. The Labute approximate surface area is 112 Å². The molecule has 4 heteroatoms. The maximum absolute atomic E-state index is 11.9. The van der Waals surface area contributed by atoms with Crippen LogP contribution in [0.25, 0.3) is 5.69 Å². The zero-order chi connectivity index (χ0) is 13.5. The first-order valence-corrected chi connectivity index (χ1v) is 6.71. The Morgan fingerprint density at radius 2 is 1.89 bits per heavy atom. The van der Waals surface area contributed by atoms with E-state index in [4.69, 9.17) is 5.73 Å². The first-order chi connectivity index (χ1) is 9.16. The quantitative estimate of drug-likeness (QED) is 0.907. The van der Waals surface area contributed by atoms with Crippen LogP contribution < -0.4 is 11.4 Å². The van der Waals surface area contributed by atoms with Crippen LogP contribution in [0.5, 0.6) is 0 Å². The third-order valence-corrected chi connectivity index (χ3v) is 4.41.